The second kappa shape index (κ2) is 9.86. The Balaban J connectivity index is 1.32. The fraction of sp³-hybridized carbons (Fsp3) is 0.258. The normalized spacial score (nSPS) is 15.9. The summed E-state index contributed by atoms with van der Waals surface area (Å²) in [6, 6.07) is 15.8. The van der Waals surface area contributed by atoms with E-state index in [4.69, 9.17) is 25.8 Å². The second-order valence-electron chi connectivity index (χ2n) is 9.73. The molecule has 38 heavy (non-hydrogen) atoms. The van der Waals surface area contributed by atoms with Crippen LogP contribution in [0.5, 0.6) is 17.2 Å². The Morgan fingerprint density at radius 1 is 1.16 bits per heavy atom. The van der Waals surface area contributed by atoms with Crippen molar-refractivity contribution in [2.75, 3.05) is 20.4 Å². The monoisotopic (exact) mass is 528 g/mol. The number of halogens is 1. The highest BCUT2D eigenvalue weighted by molar-refractivity contribution is 6.31. The van der Waals surface area contributed by atoms with Gasteiger partial charge in [-0.1, -0.05) is 29.8 Å². The van der Waals surface area contributed by atoms with Crippen molar-refractivity contribution in [3.8, 4) is 17.2 Å². The molecule has 3 heterocycles. The van der Waals surface area contributed by atoms with Crippen molar-refractivity contribution in [2.24, 2.45) is 0 Å². The molecule has 1 aromatic heterocycles. The van der Waals surface area contributed by atoms with Crippen LogP contribution in [0.4, 0.5) is 0 Å². The van der Waals surface area contributed by atoms with Crippen molar-refractivity contribution in [2.45, 2.75) is 33.4 Å². The molecule has 2 aliphatic heterocycles. The van der Waals surface area contributed by atoms with E-state index in [-0.39, 0.29) is 5.78 Å². The lowest BCUT2D eigenvalue weighted by atomic mass is 9.98. The summed E-state index contributed by atoms with van der Waals surface area (Å²) in [5, 5.41) is 1.78. The first kappa shape index (κ1) is 24.6. The minimum atomic E-state index is -0.103. The third-order valence-electron chi connectivity index (χ3n) is 7.39. The minimum Gasteiger partial charge on any atom is -0.497 e. The van der Waals surface area contributed by atoms with Crippen molar-refractivity contribution in [1.29, 1.82) is 0 Å². The summed E-state index contributed by atoms with van der Waals surface area (Å²) < 4.78 is 20.0. The molecule has 3 aromatic carbocycles. The zero-order valence-electron chi connectivity index (χ0n) is 21.7. The number of Topliss-reactive ketones (excluding diaryl/α,β-unsaturated/α-hetero) is 1. The summed E-state index contributed by atoms with van der Waals surface area (Å²) in [5.74, 6) is 2.37. The van der Waals surface area contributed by atoms with Gasteiger partial charge in [0.2, 0.25) is 5.78 Å². The average Bonchev–Trinajstić information content (AvgIpc) is 3.45. The van der Waals surface area contributed by atoms with E-state index in [2.05, 4.69) is 22.6 Å². The van der Waals surface area contributed by atoms with Crippen molar-refractivity contribution < 1.29 is 19.0 Å². The van der Waals surface area contributed by atoms with Gasteiger partial charge in [0.1, 0.15) is 24.0 Å². The molecule has 194 valence electrons. The summed E-state index contributed by atoms with van der Waals surface area (Å²) >= 11 is 6.36. The fourth-order valence-electron chi connectivity index (χ4n) is 5.35. The van der Waals surface area contributed by atoms with Crippen LogP contribution >= 0.6 is 11.6 Å². The largest absolute Gasteiger partial charge is 0.497 e. The second-order valence-corrected chi connectivity index (χ2v) is 10.1. The number of rotatable bonds is 6. The molecule has 0 unspecified atom stereocenters. The van der Waals surface area contributed by atoms with E-state index in [1.54, 1.807) is 7.11 Å². The molecule has 0 N–H and O–H groups in total. The Bertz CT molecular complexity index is 1600. The lowest BCUT2D eigenvalue weighted by molar-refractivity contribution is 0.0949. The molecule has 0 radical (unpaired) electrons. The van der Waals surface area contributed by atoms with Crippen molar-refractivity contribution in [3.63, 3.8) is 0 Å². The van der Waals surface area contributed by atoms with Gasteiger partial charge in [0.15, 0.2) is 5.76 Å². The summed E-state index contributed by atoms with van der Waals surface area (Å²) in [4.78, 5) is 15.8. The summed E-state index contributed by atoms with van der Waals surface area (Å²) in [5.41, 5.74) is 5.48. The van der Waals surface area contributed by atoms with Crippen LogP contribution < -0.4 is 14.2 Å². The molecular weight excluding hydrogens is 500 g/mol. The first-order chi connectivity index (χ1) is 18.5. The molecule has 0 fully saturated rings. The molecular formula is C31H29ClN2O4. The third-order valence-corrected chi connectivity index (χ3v) is 7.76. The van der Waals surface area contributed by atoms with E-state index in [0.717, 1.165) is 69.2 Å². The number of allylic oxidation sites excluding steroid dienone is 1. The maximum Gasteiger partial charge on any atom is 0.232 e. The molecule has 0 saturated heterocycles. The minimum absolute atomic E-state index is 0.103. The van der Waals surface area contributed by atoms with Gasteiger partial charge in [-0.15, -0.1) is 0 Å². The van der Waals surface area contributed by atoms with Crippen molar-refractivity contribution in [1.82, 2.24) is 9.47 Å². The SMILES string of the molecule is CCn1cc(/C=C2\Oc3c4c(cc(C)c3C2=O)OCN(CCc2ccccc2Cl)C4)c2cc(OC)ccc21. The van der Waals surface area contributed by atoms with Gasteiger partial charge in [-0.3, -0.25) is 9.69 Å². The van der Waals surface area contributed by atoms with Gasteiger partial charge in [0, 0.05) is 47.3 Å². The maximum absolute atomic E-state index is 13.6. The van der Waals surface area contributed by atoms with Crippen molar-refractivity contribution >= 4 is 34.4 Å². The molecule has 0 amide bonds. The number of ketones is 1. The fourth-order valence-corrected chi connectivity index (χ4v) is 5.58. The van der Waals surface area contributed by atoms with E-state index in [9.17, 15) is 4.79 Å². The van der Waals surface area contributed by atoms with E-state index in [0.29, 0.717) is 30.3 Å². The number of carbonyl (C=O) groups excluding carboxylic acids is 1. The van der Waals surface area contributed by atoms with Gasteiger partial charge in [0.05, 0.1) is 18.2 Å². The number of aromatic nitrogens is 1. The summed E-state index contributed by atoms with van der Waals surface area (Å²) in [6.45, 7) is 6.74. The molecule has 0 saturated carbocycles. The van der Waals surface area contributed by atoms with Crippen molar-refractivity contribution in [3.05, 3.63) is 93.3 Å². The zero-order chi connectivity index (χ0) is 26.4. The van der Waals surface area contributed by atoms with Crippen LogP contribution in [0.25, 0.3) is 17.0 Å². The van der Waals surface area contributed by atoms with Gasteiger partial charge in [0.25, 0.3) is 0 Å². The Labute approximate surface area is 227 Å². The molecule has 4 aromatic rings. The number of aryl methyl sites for hydroxylation is 2. The number of benzene rings is 3. The highest BCUT2D eigenvalue weighted by Gasteiger charge is 2.35. The smallest absolute Gasteiger partial charge is 0.232 e. The molecule has 0 bridgehead atoms. The van der Waals surface area contributed by atoms with Crippen LogP contribution in [-0.4, -0.2) is 35.6 Å². The highest BCUT2D eigenvalue weighted by Crippen LogP contribution is 2.44. The summed E-state index contributed by atoms with van der Waals surface area (Å²) in [7, 11) is 1.65. The Morgan fingerprint density at radius 2 is 2.00 bits per heavy atom. The predicted octanol–water partition coefficient (Wildman–Crippen LogP) is 6.64. The van der Waals surface area contributed by atoms with Gasteiger partial charge in [-0.05, 0) is 67.8 Å². The van der Waals surface area contributed by atoms with Crippen LogP contribution in [0.1, 0.15) is 39.5 Å². The summed E-state index contributed by atoms with van der Waals surface area (Å²) in [6.07, 6.45) is 4.71. The molecule has 2 aliphatic rings. The highest BCUT2D eigenvalue weighted by atomic mass is 35.5. The van der Waals surface area contributed by atoms with Crippen LogP contribution in [0.15, 0.2) is 60.5 Å². The van der Waals surface area contributed by atoms with E-state index >= 15 is 0 Å². The van der Waals surface area contributed by atoms with Gasteiger partial charge < -0.3 is 18.8 Å². The maximum atomic E-state index is 13.6. The first-order valence-corrected chi connectivity index (χ1v) is 13.2. The average molecular weight is 529 g/mol. The van der Waals surface area contributed by atoms with E-state index < -0.39 is 0 Å². The number of hydrogen-bond donors (Lipinski definition) is 0. The standard InChI is InChI=1S/C31H29ClN2O4/c1-4-34-16-21(23-15-22(36-3)9-10-26(23)34)14-28-30(35)29-19(2)13-27-24(31(29)38-28)17-33(18-37-27)12-11-20-7-5-6-8-25(20)32/h5-10,13-16H,4,11-12,17-18H2,1-3H3/b28-14-. The molecule has 7 heteroatoms. The van der Waals surface area contributed by atoms with E-state index in [1.165, 1.54) is 0 Å². The zero-order valence-corrected chi connectivity index (χ0v) is 22.5. The topological polar surface area (TPSA) is 52.9 Å². The Kier molecular flexibility index (Phi) is 6.38. The Morgan fingerprint density at radius 3 is 2.79 bits per heavy atom. The van der Waals surface area contributed by atoms with Crippen LogP contribution in [0.3, 0.4) is 0 Å². The number of carbonyl (C=O) groups is 1. The number of hydrogen-bond acceptors (Lipinski definition) is 5. The van der Waals surface area contributed by atoms with Crippen LogP contribution in [0, 0.1) is 6.92 Å². The van der Waals surface area contributed by atoms with E-state index in [1.807, 2.05) is 61.5 Å². The van der Waals surface area contributed by atoms with Gasteiger partial charge in [-0.2, -0.15) is 0 Å². The number of ether oxygens (including phenoxy) is 3. The molecule has 0 atom stereocenters. The van der Waals surface area contributed by atoms with Gasteiger partial charge in [-0.25, -0.2) is 0 Å². The van der Waals surface area contributed by atoms with Crippen LogP contribution in [0.2, 0.25) is 5.02 Å². The quantitative estimate of drug-likeness (QED) is 0.262. The molecule has 6 rings (SSSR count). The molecule has 0 aliphatic carbocycles. The Hall–Kier alpha value is -3.74. The number of fused-ring (bicyclic) bond motifs is 4. The number of nitrogens with zero attached hydrogens (tertiary/aromatic N) is 2. The molecule has 6 nitrogen and oxygen atoms in total. The predicted molar refractivity (Wildman–Crippen MR) is 149 cm³/mol. The van der Waals surface area contributed by atoms with Gasteiger partial charge >= 0.3 is 0 Å². The van der Waals surface area contributed by atoms with Crippen LogP contribution in [-0.2, 0) is 19.5 Å². The number of methoxy groups -OCH3 is 1. The lowest BCUT2D eigenvalue weighted by Gasteiger charge is -2.30. The first-order valence-electron chi connectivity index (χ1n) is 12.8. The third kappa shape index (κ3) is 4.24. The molecule has 0 spiro atoms. The lowest BCUT2D eigenvalue weighted by Crippen LogP contribution is -2.34.